The molecule has 1 aliphatic heterocycles. The topological polar surface area (TPSA) is 35.5 Å². The van der Waals surface area contributed by atoms with Crippen molar-refractivity contribution in [2.75, 3.05) is 7.11 Å². The molecule has 3 rings (SSSR count). The molecule has 0 aromatic heterocycles. The zero-order chi connectivity index (χ0) is 13.2. The third-order valence-corrected chi connectivity index (χ3v) is 4.20. The van der Waals surface area contributed by atoms with Gasteiger partial charge in [-0.3, -0.25) is 4.79 Å². The normalized spacial score (nSPS) is 34.2. The van der Waals surface area contributed by atoms with Crippen LogP contribution in [0.5, 0.6) is 0 Å². The molecule has 0 spiro atoms. The summed E-state index contributed by atoms with van der Waals surface area (Å²) in [4.78, 5) is 12.2. The fourth-order valence-electron chi connectivity index (χ4n) is 3.05. The van der Waals surface area contributed by atoms with E-state index in [0.29, 0.717) is 12.2 Å². The Morgan fingerprint density at radius 2 is 2.26 bits per heavy atom. The number of hydrogen-bond donors (Lipinski definition) is 0. The summed E-state index contributed by atoms with van der Waals surface area (Å²) < 4.78 is 11.3. The second-order valence-corrected chi connectivity index (χ2v) is 5.44. The number of fused-ring (bicyclic) bond motifs is 1. The molecule has 3 nitrogen and oxygen atoms in total. The molecule has 3 aliphatic rings. The first-order chi connectivity index (χ1) is 9.28. The highest BCUT2D eigenvalue weighted by Crippen LogP contribution is 2.36. The van der Waals surface area contributed by atoms with Gasteiger partial charge in [0, 0.05) is 13.5 Å². The van der Waals surface area contributed by atoms with Gasteiger partial charge in [-0.1, -0.05) is 18.2 Å². The van der Waals surface area contributed by atoms with Crippen molar-refractivity contribution in [1.29, 1.82) is 0 Å². The van der Waals surface area contributed by atoms with Crippen molar-refractivity contribution in [3.05, 3.63) is 35.6 Å². The van der Waals surface area contributed by atoms with Crippen molar-refractivity contribution in [1.82, 2.24) is 0 Å². The summed E-state index contributed by atoms with van der Waals surface area (Å²) in [7, 11) is 1.71. The lowest BCUT2D eigenvalue weighted by atomic mass is 9.83. The number of Topliss-reactive ketones (excluding diaryl/α,β-unsaturated/α-hetero) is 1. The molecule has 0 aromatic carbocycles. The Kier molecular flexibility index (Phi) is 3.56. The summed E-state index contributed by atoms with van der Waals surface area (Å²) in [5.74, 6) is 1.28. The van der Waals surface area contributed by atoms with Crippen LogP contribution in [0, 0.1) is 5.92 Å². The Morgan fingerprint density at radius 3 is 3.00 bits per heavy atom. The molecular formula is C16H20O3. The lowest BCUT2D eigenvalue weighted by Crippen LogP contribution is -2.34. The van der Waals surface area contributed by atoms with E-state index in [9.17, 15) is 4.79 Å². The minimum atomic E-state index is -0.0952. The van der Waals surface area contributed by atoms with Gasteiger partial charge in [0.15, 0.2) is 0 Å². The molecule has 0 saturated carbocycles. The Bertz CT molecular complexity index is 459. The minimum Gasteiger partial charge on any atom is -0.489 e. The number of rotatable bonds is 2. The van der Waals surface area contributed by atoms with E-state index < -0.39 is 0 Å². The molecular weight excluding hydrogens is 240 g/mol. The molecule has 0 radical (unpaired) electrons. The number of ether oxygens (including phenoxy) is 2. The third-order valence-electron chi connectivity index (χ3n) is 4.20. The maximum atomic E-state index is 12.2. The van der Waals surface area contributed by atoms with Crippen LogP contribution in [0.15, 0.2) is 35.6 Å². The van der Waals surface area contributed by atoms with Crippen molar-refractivity contribution in [3.63, 3.8) is 0 Å². The van der Waals surface area contributed by atoms with Crippen LogP contribution in [0.1, 0.15) is 32.1 Å². The molecule has 1 heterocycles. The van der Waals surface area contributed by atoms with Crippen molar-refractivity contribution in [2.45, 2.75) is 44.3 Å². The van der Waals surface area contributed by atoms with Crippen LogP contribution in [0.3, 0.4) is 0 Å². The van der Waals surface area contributed by atoms with Gasteiger partial charge in [0.25, 0.3) is 0 Å². The number of allylic oxidation sites excluding steroid dienone is 2. The first kappa shape index (κ1) is 12.7. The van der Waals surface area contributed by atoms with Crippen LogP contribution in [-0.2, 0) is 14.3 Å². The molecule has 3 unspecified atom stereocenters. The van der Waals surface area contributed by atoms with Crippen molar-refractivity contribution >= 4 is 5.78 Å². The summed E-state index contributed by atoms with van der Waals surface area (Å²) >= 11 is 0. The molecule has 2 aliphatic carbocycles. The average molecular weight is 260 g/mol. The van der Waals surface area contributed by atoms with E-state index in [0.717, 1.165) is 37.0 Å². The second-order valence-electron chi connectivity index (χ2n) is 5.44. The SMILES string of the molecule is COC1C=CC(C2CC(=O)C3CCCC=C3O2)=CC1. The first-order valence-corrected chi connectivity index (χ1v) is 7.08. The van der Waals surface area contributed by atoms with Crippen LogP contribution in [0.25, 0.3) is 0 Å². The van der Waals surface area contributed by atoms with Gasteiger partial charge in [-0.05, 0) is 37.3 Å². The highest BCUT2D eigenvalue weighted by atomic mass is 16.5. The number of methoxy groups -OCH3 is 1. The van der Waals surface area contributed by atoms with E-state index in [1.165, 1.54) is 0 Å². The summed E-state index contributed by atoms with van der Waals surface area (Å²) in [5.41, 5.74) is 1.12. The van der Waals surface area contributed by atoms with E-state index in [2.05, 4.69) is 12.2 Å². The quantitative estimate of drug-likeness (QED) is 0.765. The van der Waals surface area contributed by atoms with Gasteiger partial charge in [-0.25, -0.2) is 0 Å². The largest absolute Gasteiger partial charge is 0.489 e. The van der Waals surface area contributed by atoms with Crippen molar-refractivity contribution < 1.29 is 14.3 Å². The van der Waals surface area contributed by atoms with Gasteiger partial charge in [0.2, 0.25) is 0 Å². The molecule has 0 amide bonds. The molecule has 102 valence electrons. The molecule has 0 aromatic rings. The van der Waals surface area contributed by atoms with Crippen LogP contribution in [0.2, 0.25) is 0 Å². The zero-order valence-corrected chi connectivity index (χ0v) is 11.3. The Labute approximate surface area is 114 Å². The molecule has 19 heavy (non-hydrogen) atoms. The molecule has 1 fully saturated rings. The van der Waals surface area contributed by atoms with E-state index in [1.54, 1.807) is 7.11 Å². The molecule has 0 N–H and O–H groups in total. The van der Waals surface area contributed by atoms with Gasteiger partial charge in [0.1, 0.15) is 17.6 Å². The van der Waals surface area contributed by atoms with E-state index >= 15 is 0 Å². The Balaban J connectivity index is 1.73. The number of hydrogen-bond acceptors (Lipinski definition) is 3. The molecule has 3 atom stereocenters. The Morgan fingerprint density at radius 1 is 1.37 bits per heavy atom. The maximum Gasteiger partial charge on any atom is 0.147 e. The van der Waals surface area contributed by atoms with E-state index in [-0.39, 0.29) is 18.1 Å². The van der Waals surface area contributed by atoms with Gasteiger partial charge >= 0.3 is 0 Å². The second kappa shape index (κ2) is 5.33. The predicted molar refractivity (Wildman–Crippen MR) is 72.6 cm³/mol. The summed E-state index contributed by atoms with van der Waals surface area (Å²) in [6.45, 7) is 0. The predicted octanol–water partition coefficient (Wildman–Crippen LogP) is 2.93. The summed E-state index contributed by atoms with van der Waals surface area (Å²) in [6.07, 6.45) is 12.8. The fourth-order valence-corrected chi connectivity index (χ4v) is 3.05. The molecule has 0 bridgehead atoms. The molecule has 1 saturated heterocycles. The highest BCUT2D eigenvalue weighted by molar-refractivity contribution is 5.85. The van der Waals surface area contributed by atoms with Crippen LogP contribution >= 0.6 is 0 Å². The van der Waals surface area contributed by atoms with Crippen LogP contribution in [0.4, 0.5) is 0 Å². The number of carbonyl (C=O) groups is 1. The van der Waals surface area contributed by atoms with Gasteiger partial charge in [-0.15, -0.1) is 0 Å². The minimum absolute atomic E-state index is 0.0323. The number of carbonyl (C=O) groups excluding carboxylic acids is 1. The fraction of sp³-hybridized carbons (Fsp3) is 0.562. The van der Waals surface area contributed by atoms with Crippen LogP contribution < -0.4 is 0 Å². The monoisotopic (exact) mass is 260 g/mol. The van der Waals surface area contributed by atoms with Crippen molar-refractivity contribution in [2.24, 2.45) is 5.92 Å². The standard InChI is InChI=1S/C16H20O3/c1-18-12-8-6-11(7-9-12)16-10-14(17)13-4-2-3-5-15(13)19-16/h5-8,12-13,16H,2-4,9-10H2,1H3. The third kappa shape index (κ3) is 2.52. The first-order valence-electron chi connectivity index (χ1n) is 7.08. The van der Waals surface area contributed by atoms with E-state index in [1.807, 2.05) is 12.2 Å². The lowest BCUT2D eigenvalue weighted by molar-refractivity contribution is -0.129. The lowest BCUT2D eigenvalue weighted by Gasteiger charge is -2.34. The summed E-state index contributed by atoms with van der Waals surface area (Å²) in [5, 5.41) is 0. The maximum absolute atomic E-state index is 12.2. The number of ketones is 1. The molecule has 3 heteroatoms. The van der Waals surface area contributed by atoms with Gasteiger partial charge < -0.3 is 9.47 Å². The van der Waals surface area contributed by atoms with Gasteiger partial charge in [-0.2, -0.15) is 0 Å². The smallest absolute Gasteiger partial charge is 0.147 e. The average Bonchev–Trinajstić information content (AvgIpc) is 2.47. The van der Waals surface area contributed by atoms with Gasteiger partial charge in [0.05, 0.1) is 12.0 Å². The van der Waals surface area contributed by atoms with E-state index in [4.69, 9.17) is 9.47 Å². The van der Waals surface area contributed by atoms with Crippen LogP contribution in [-0.4, -0.2) is 25.1 Å². The van der Waals surface area contributed by atoms with Crippen molar-refractivity contribution in [3.8, 4) is 0 Å². The zero-order valence-electron chi connectivity index (χ0n) is 11.3. The Hall–Kier alpha value is -1.35. The highest BCUT2D eigenvalue weighted by Gasteiger charge is 2.36. The summed E-state index contributed by atoms with van der Waals surface area (Å²) in [6, 6.07) is 0.